The van der Waals surface area contributed by atoms with Crippen LogP contribution in [-0.2, 0) is 0 Å². The lowest BCUT2D eigenvalue weighted by Gasteiger charge is -1.99. The first-order chi connectivity index (χ1) is 10.3. The summed E-state index contributed by atoms with van der Waals surface area (Å²) in [6.45, 7) is 0. The van der Waals surface area contributed by atoms with E-state index in [-0.39, 0.29) is 5.75 Å². The highest BCUT2D eigenvalue weighted by Gasteiger charge is 2.29. The van der Waals surface area contributed by atoms with Gasteiger partial charge in [0, 0.05) is 22.7 Å². The summed E-state index contributed by atoms with van der Waals surface area (Å²) >= 11 is 0. The lowest BCUT2D eigenvalue weighted by molar-refractivity contribution is 0.475. The van der Waals surface area contributed by atoms with Crippen LogP contribution in [0.3, 0.4) is 0 Å². The molecular weight excluding hydrogens is 260 g/mol. The molecule has 3 nitrogen and oxygen atoms in total. The highest BCUT2D eigenvalue weighted by atomic mass is 16.3. The number of phenols is 1. The van der Waals surface area contributed by atoms with E-state index in [4.69, 9.17) is 4.98 Å². The van der Waals surface area contributed by atoms with Gasteiger partial charge in [-0.2, -0.15) is 0 Å². The fourth-order valence-electron chi connectivity index (χ4n) is 2.66. The highest BCUT2D eigenvalue weighted by molar-refractivity contribution is 5.69. The molecule has 1 aromatic heterocycles. The molecule has 0 aliphatic heterocycles. The van der Waals surface area contributed by atoms with Gasteiger partial charge >= 0.3 is 0 Å². The van der Waals surface area contributed by atoms with Gasteiger partial charge in [0.15, 0.2) is 0 Å². The number of phenolic OH excluding ortho intramolecular Hbond substituents is 1. The second-order valence-electron chi connectivity index (χ2n) is 5.54. The number of aromatic nitrogens is 2. The van der Waals surface area contributed by atoms with Crippen LogP contribution in [0.5, 0.6) is 5.75 Å². The van der Waals surface area contributed by atoms with Gasteiger partial charge in [-0.05, 0) is 25.0 Å². The summed E-state index contributed by atoms with van der Waals surface area (Å²) in [5.74, 6) is 1.68. The zero-order valence-electron chi connectivity index (χ0n) is 11.6. The molecule has 0 radical (unpaired) electrons. The fraction of sp³-hybridized carbons (Fsp3) is 0.167. The van der Waals surface area contributed by atoms with Crippen LogP contribution in [0.2, 0.25) is 0 Å². The monoisotopic (exact) mass is 276 g/mol. The van der Waals surface area contributed by atoms with E-state index < -0.39 is 0 Å². The van der Waals surface area contributed by atoms with Crippen LogP contribution in [0.25, 0.3) is 22.6 Å². The molecule has 3 aromatic rings. The van der Waals surface area contributed by atoms with Crippen molar-refractivity contribution in [2.45, 2.75) is 18.8 Å². The van der Waals surface area contributed by atoms with Gasteiger partial charge in [0.2, 0.25) is 0 Å². The summed E-state index contributed by atoms with van der Waals surface area (Å²) in [6.07, 6.45) is 2.45. The topological polar surface area (TPSA) is 48.9 Å². The van der Waals surface area contributed by atoms with Gasteiger partial charge in [0.05, 0.1) is 5.69 Å². The number of nitrogens with one attached hydrogen (secondary N) is 1. The molecule has 0 unspecified atom stereocenters. The first-order valence-electron chi connectivity index (χ1n) is 7.26. The Hall–Kier alpha value is -2.55. The van der Waals surface area contributed by atoms with Gasteiger partial charge in [-0.25, -0.2) is 4.98 Å². The fourth-order valence-corrected chi connectivity index (χ4v) is 2.66. The Labute approximate surface area is 123 Å². The summed E-state index contributed by atoms with van der Waals surface area (Å²) in [5.41, 5.74) is 4.32. The smallest absolute Gasteiger partial charge is 0.138 e. The van der Waals surface area contributed by atoms with E-state index in [1.165, 1.54) is 18.5 Å². The molecular formula is C18H16N2O. The summed E-state index contributed by atoms with van der Waals surface area (Å²) < 4.78 is 0. The van der Waals surface area contributed by atoms with E-state index in [1.807, 2.05) is 30.3 Å². The lowest BCUT2D eigenvalue weighted by Crippen LogP contribution is -1.84. The summed E-state index contributed by atoms with van der Waals surface area (Å²) in [6, 6.07) is 17.5. The maximum absolute atomic E-state index is 9.65. The van der Waals surface area contributed by atoms with Crippen molar-refractivity contribution in [1.29, 1.82) is 0 Å². The molecule has 0 atom stereocenters. The van der Waals surface area contributed by atoms with Crippen molar-refractivity contribution in [2.75, 3.05) is 0 Å². The van der Waals surface area contributed by atoms with Crippen LogP contribution in [-0.4, -0.2) is 15.1 Å². The van der Waals surface area contributed by atoms with E-state index in [1.54, 1.807) is 12.1 Å². The molecule has 2 aromatic carbocycles. The Morgan fingerprint density at radius 2 is 1.71 bits per heavy atom. The molecule has 1 fully saturated rings. The number of aromatic hydroxyl groups is 1. The normalized spacial score (nSPS) is 14.3. The maximum Gasteiger partial charge on any atom is 0.138 e. The lowest BCUT2D eigenvalue weighted by atomic mass is 10.1. The molecule has 1 aliphatic rings. The molecule has 104 valence electrons. The minimum Gasteiger partial charge on any atom is -0.508 e. The quantitative estimate of drug-likeness (QED) is 0.748. The van der Waals surface area contributed by atoms with Crippen molar-refractivity contribution in [3.8, 4) is 28.4 Å². The Morgan fingerprint density at radius 3 is 2.43 bits per heavy atom. The summed E-state index contributed by atoms with van der Waals surface area (Å²) in [7, 11) is 0. The molecule has 1 saturated carbocycles. The van der Waals surface area contributed by atoms with Crippen LogP contribution in [0.4, 0.5) is 0 Å². The van der Waals surface area contributed by atoms with E-state index >= 15 is 0 Å². The van der Waals surface area contributed by atoms with Crippen LogP contribution in [0.15, 0.2) is 54.6 Å². The number of hydrogen-bond acceptors (Lipinski definition) is 2. The number of benzene rings is 2. The van der Waals surface area contributed by atoms with Crippen molar-refractivity contribution in [2.24, 2.45) is 0 Å². The molecule has 0 saturated heterocycles. The van der Waals surface area contributed by atoms with Crippen LogP contribution in [0.1, 0.15) is 24.5 Å². The van der Waals surface area contributed by atoms with Crippen LogP contribution >= 0.6 is 0 Å². The predicted molar refractivity (Wildman–Crippen MR) is 83.1 cm³/mol. The highest BCUT2D eigenvalue weighted by Crippen LogP contribution is 2.44. The van der Waals surface area contributed by atoms with Crippen molar-refractivity contribution in [1.82, 2.24) is 9.97 Å². The second kappa shape index (κ2) is 4.77. The second-order valence-corrected chi connectivity index (χ2v) is 5.54. The number of hydrogen-bond donors (Lipinski definition) is 2. The largest absolute Gasteiger partial charge is 0.508 e. The molecule has 4 rings (SSSR count). The number of nitrogens with zero attached hydrogens (tertiary/aromatic N) is 1. The van der Waals surface area contributed by atoms with E-state index in [9.17, 15) is 5.11 Å². The Balaban J connectivity index is 1.84. The Morgan fingerprint density at radius 1 is 0.952 bits per heavy atom. The zero-order chi connectivity index (χ0) is 14.2. The number of rotatable bonds is 3. The van der Waals surface area contributed by atoms with Crippen LogP contribution < -0.4 is 0 Å². The van der Waals surface area contributed by atoms with Gasteiger partial charge in [0.1, 0.15) is 11.6 Å². The molecule has 21 heavy (non-hydrogen) atoms. The van der Waals surface area contributed by atoms with Gasteiger partial charge in [-0.3, -0.25) is 0 Å². The van der Waals surface area contributed by atoms with Gasteiger partial charge in [-0.1, -0.05) is 42.5 Å². The first-order valence-corrected chi connectivity index (χ1v) is 7.26. The van der Waals surface area contributed by atoms with Gasteiger partial charge in [0.25, 0.3) is 0 Å². The maximum atomic E-state index is 9.65. The molecule has 1 heterocycles. The van der Waals surface area contributed by atoms with Gasteiger partial charge in [-0.15, -0.1) is 0 Å². The molecule has 3 heteroatoms. The average Bonchev–Trinajstić information content (AvgIpc) is 3.27. The molecule has 1 aliphatic carbocycles. The molecule has 0 spiro atoms. The number of imidazole rings is 1. The molecule has 0 amide bonds. The van der Waals surface area contributed by atoms with Gasteiger partial charge < -0.3 is 10.1 Å². The van der Waals surface area contributed by atoms with Crippen LogP contribution in [0, 0.1) is 0 Å². The van der Waals surface area contributed by atoms with Crippen molar-refractivity contribution >= 4 is 0 Å². The van der Waals surface area contributed by atoms with E-state index in [2.05, 4.69) is 17.1 Å². The van der Waals surface area contributed by atoms with Crippen molar-refractivity contribution in [3.05, 3.63) is 60.3 Å². The Bertz CT molecular complexity index is 773. The number of H-pyrrole nitrogens is 1. The van der Waals surface area contributed by atoms with Crippen molar-refractivity contribution < 1.29 is 5.11 Å². The minimum absolute atomic E-state index is 0.262. The molecule has 0 bridgehead atoms. The van der Waals surface area contributed by atoms with E-state index in [0.29, 0.717) is 5.92 Å². The first kappa shape index (κ1) is 12.2. The standard InChI is InChI=1S/C18H16N2O/c21-15-8-4-7-14(11-15)18-19-16(12-5-2-1-3-6-12)17(20-18)13-9-10-13/h1-8,11,13,21H,9-10H2,(H,19,20). The minimum atomic E-state index is 0.262. The third-order valence-corrected chi connectivity index (χ3v) is 3.88. The third kappa shape index (κ3) is 2.31. The third-order valence-electron chi connectivity index (χ3n) is 3.88. The number of aromatic amines is 1. The van der Waals surface area contributed by atoms with Crippen molar-refractivity contribution in [3.63, 3.8) is 0 Å². The summed E-state index contributed by atoms with van der Waals surface area (Å²) in [4.78, 5) is 8.25. The zero-order valence-corrected chi connectivity index (χ0v) is 11.6. The Kier molecular flexibility index (Phi) is 2.78. The molecule has 2 N–H and O–H groups in total. The average molecular weight is 276 g/mol. The SMILES string of the molecule is Oc1cccc(-c2nc(-c3ccccc3)c(C3CC3)[nH]2)c1. The summed E-state index contributed by atoms with van der Waals surface area (Å²) in [5, 5.41) is 9.65. The van der Waals surface area contributed by atoms with E-state index in [0.717, 1.165) is 22.6 Å². The predicted octanol–water partition coefficient (Wildman–Crippen LogP) is 4.33.